The van der Waals surface area contributed by atoms with Gasteiger partial charge in [0.25, 0.3) is 0 Å². The molecule has 0 fully saturated rings. The van der Waals surface area contributed by atoms with Crippen molar-refractivity contribution in [3.8, 4) is 6.07 Å². The normalized spacial score (nSPS) is 9.47. The molecule has 0 spiro atoms. The second kappa shape index (κ2) is 5.12. The number of aryl methyl sites for hydroxylation is 1. The monoisotopic (exact) mass is 315 g/mol. The zero-order valence-corrected chi connectivity index (χ0v) is 10.7. The molecule has 0 heterocycles. The van der Waals surface area contributed by atoms with Gasteiger partial charge in [-0.1, -0.05) is 13.0 Å². The second-order valence-electron chi connectivity index (χ2n) is 2.92. The van der Waals surface area contributed by atoms with Crippen LogP contribution in [0.15, 0.2) is 12.1 Å². The largest absolute Gasteiger partial charge is 0.465 e. The van der Waals surface area contributed by atoms with Gasteiger partial charge in [0, 0.05) is 3.57 Å². The third kappa shape index (κ3) is 2.29. The van der Waals surface area contributed by atoms with Crippen LogP contribution in [0.1, 0.15) is 28.4 Å². The molecular weight excluding hydrogens is 305 g/mol. The fourth-order valence-corrected chi connectivity index (χ4v) is 2.17. The minimum Gasteiger partial charge on any atom is -0.465 e. The number of nitrogens with zero attached hydrogens (tertiary/aromatic N) is 1. The molecule has 0 N–H and O–H groups in total. The smallest absolute Gasteiger partial charge is 0.338 e. The van der Waals surface area contributed by atoms with E-state index in [0.29, 0.717) is 14.7 Å². The lowest BCUT2D eigenvalue weighted by Gasteiger charge is -2.07. The van der Waals surface area contributed by atoms with E-state index < -0.39 is 5.97 Å². The molecule has 0 aliphatic heterocycles. The Balaban J connectivity index is 3.37. The van der Waals surface area contributed by atoms with Crippen LogP contribution in [0.3, 0.4) is 0 Å². The zero-order valence-electron chi connectivity index (χ0n) is 8.50. The van der Waals surface area contributed by atoms with E-state index in [1.54, 1.807) is 12.1 Å². The summed E-state index contributed by atoms with van der Waals surface area (Å²) in [6, 6.07) is 5.62. The van der Waals surface area contributed by atoms with Crippen molar-refractivity contribution in [2.45, 2.75) is 13.3 Å². The number of rotatable bonds is 2. The Morgan fingerprint density at radius 1 is 1.60 bits per heavy atom. The van der Waals surface area contributed by atoms with Crippen LogP contribution < -0.4 is 0 Å². The lowest BCUT2D eigenvalue weighted by Crippen LogP contribution is -2.06. The van der Waals surface area contributed by atoms with Crippen molar-refractivity contribution in [3.05, 3.63) is 32.4 Å². The summed E-state index contributed by atoms with van der Waals surface area (Å²) in [6.07, 6.45) is 0.778. The average Bonchev–Trinajstić information content (AvgIpc) is 2.27. The maximum atomic E-state index is 11.4. The van der Waals surface area contributed by atoms with Gasteiger partial charge in [0.2, 0.25) is 0 Å². The lowest BCUT2D eigenvalue weighted by molar-refractivity contribution is 0.0599. The molecule has 0 aliphatic carbocycles. The van der Waals surface area contributed by atoms with Crippen molar-refractivity contribution in [1.82, 2.24) is 0 Å². The average molecular weight is 315 g/mol. The summed E-state index contributed by atoms with van der Waals surface area (Å²) in [5.41, 5.74) is 1.97. The molecule has 0 aromatic heterocycles. The number of nitriles is 1. The predicted octanol–water partition coefficient (Wildman–Crippen LogP) is 2.51. The first-order valence-corrected chi connectivity index (χ1v) is 5.53. The van der Waals surface area contributed by atoms with E-state index in [-0.39, 0.29) is 0 Å². The quantitative estimate of drug-likeness (QED) is 0.622. The number of carbonyl (C=O) groups is 1. The first-order chi connectivity index (χ1) is 7.15. The Morgan fingerprint density at radius 2 is 2.27 bits per heavy atom. The van der Waals surface area contributed by atoms with Gasteiger partial charge in [-0.3, -0.25) is 0 Å². The highest BCUT2D eigenvalue weighted by molar-refractivity contribution is 14.1. The topological polar surface area (TPSA) is 50.1 Å². The number of ether oxygens (including phenoxy) is 1. The van der Waals surface area contributed by atoms with Gasteiger partial charge in [0.15, 0.2) is 0 Å². The maximum Gasteiger partial charge on any atom is 0.338 e. The number of methoxy groups -OCH3 is 1. The van der Waals surface area contributed by atoms with Gasteiger partial charge in [0.1, 0.15) is 6.07 Å². The Morgan fingerprint density at radius 3 is 2.73 bits per heavy atom. The molecule has 0 atom stereocenters. The van der Waals surface area contributed by atoms with Crippen molar-refractivity contribution in [2.75, 3.05) is 7.11 Å². The Kier molecular flexibility index (Phi) is 4.09. The molecule has 15 heavy (non-hydrogen) atoms. The highest BCUT2D eigenvalue weighted by atomic mass is 127. The van der Waals surface area contributed by atoms with Crippen LogP contribution >= 0.6 is 22.6 Å². The van der Waals surface area contributed by atoms with Crippen LogP contribution in [-0.4, -0.2) is 13.1 Å². The molecule has 4 heteroatoms. The third-order valence-electron chi connectivity index (χ3n) is 2.13. The minimum atomic E-state index is -0.404. The van der Waals surface area contributed by atoms with Gasteiger partial charge in [-0.05, 0) is 40.6 Å². The van der Waals surface area contributed by atoms with Crippen molar-refractivity contribution in [2.24, 2.45) is 0 Å². The van der Waals surface area contributed by atoms with E-state index in [0.717, 1.165) is 12.0 Å². The van der Waals surface area contributed by atoms with Crippen molar-refractivity contribution >= 4 is 28.6 Å². The number of hydrogen-bond donors (Lipinski definition) is 0. The van der Waals surface area contributed by atoms with Crippen LogP contribution in [0.2, 0.25) is 0 Å². The van der Waals surface area contributed by atoms with Crippen LogP contribution in [0, 0.1) is 14.9 Å². The molecule has 1 aromatic carbocycles. The summed E-state index contributed by atoms with van der Waals surface area (Å²) >= 11 is 2.01. The Labute approximate surface area is 102 Å². The summed E-state index contributed by atoms with van der Waals surface area (Å²) in [6.45, 7) is 1.98. The zero-order chi connectivity index (χ0) is 11.4. The summed E-state index contributed by atoms with van der Waals surface area (Å²) in [4.78, 5) is 11.4. The molecule has 1 aromatic rings. The van der Waals surface area contributed by atoms with Gasteiger partial charge in [-0.25, -0.2) is 4.79 Å². The Bertz CT molecular complexity index is 435. The van der Waals surface area contributed by atoms with Crippen LogP contribution in [0.5, 0.6) is 0 Å². The van der Waals surface area contributed by atoms with Gasteiger partial charge in [-0.2, -0.15) is 5.26 Å². The fraction of sp³-hybridized carbons (Fsp3) is 0.273. The number of hydrogen-bond acceptors (Lipinski definition) is 3. The van der Waals surface area contributed by atoms with E-state index in [9.17, 15) is 4.79 Å². The molecule has 78 valence electrons. The van der Waals surface area contributed by atoms with E-state index in [2.05, 4.69) is 10.8 Å². The van der Waals surface area contributed by atoms with Gasteiger partial charge in [0.05, 0.1) is 18.2 Å². The van der Waals surface area contributed by atoms with Gasteiger partial charge in [-0.15, -0.1) is 0 Å². The number of halogens is 1. The molecule has 0 amide bonds. The highest BCUT2D eigenvalue weighted by Gasteiger charge is 2.15. The molecule has 0 radical (unpaired) electrons. The fourth-order valence-electron chi connectivity index (χ4n) is 1.30. The maximum absolute atomic E-state index is 11.4. The summed E-state index contributed by atoms with van der Waals surface area (Å²) in [5.74, 6) is -0.404. The second-order valence-corrected chi connectivity index (χ2v) is 4.00. The van der Waals surface area contributed by atoms with Crippen molar-refractivity contribution < 1.29 is 9.53 Å². The molecule has 0 saturated heterocycles. The van der Waals surface area contributed by atoms with Gasteiger partial charge < -0.3 is 4.74 Å². The van der Waals surface area contributed by atoms with Gasteiger partial charge >= 0.3 is 5.97 Å². The standard InChI is InChI=1S/C11H10INO2/c1-3-7-4-5-8(11(14)15-2)10(12)9(7)6-13/h4-5H,3H2,1-2H3. The molecule has 0 bridgehead atoms. The molecule has 1 rings (SSSR count). The van der Waals surface area contributed by atoms with Crippen molar-refractivity contribution in [3.63, 3.8) is 0 Å². The van der Waals surface area contributed by atoms with E-state index >= 15 is 0 Å². The van der Waals surface area contributed by atoms with Crippen molar-refractivity contribution in [1.29, 1.82) is 5.26 Å². The summed E-state index contributed by atoms with van der Waals surface area (Å²) in [5, 5.41) is 9.00. The van der Waals surface area contributed by atoms with Crippen LogP contribution in [-0.2, 0) is 11.2 Å². The summed E-state index contributed by atoms with van der Waals surface area (Å²) in [7, 11) is 1.33. The minimum absolute atomic E-state index is 0.404. The van der Waals surface area contributed by atoms with Crippen LogP contribution in [0.4, 0.5) is 0 Å². The molecule has 0 unspecified atom stereocenters. The first-order valence-electron chi connectivity index (χ1n) is 4.45. The van der Waals surface area contributed by atoms with E-state index in [1.165, 1.54) is 7.11 Å². The molecular formula is C11H10INO2. The SMILES string of the molecule is CCc1ccc(C(=O)OC)c(I)c1C#N. The summed E-state index contributed by atoms with van der Waals surface area (Å²) < 4.78 is 5.30. The predicted molar refractivity (Wildman–Crippen MR) is 64.6 cm³/mol. The van der Waals surface area contributed by atoms with Crippen LogP contribution in [0.25, 0.3) is 0 Å². The number of esters is 1. The highest BCUT2D eigenvalue weighted by Crippen LogP contribution is 2.22. The number of benzene rings is 1. The first kappa shape index (κ1) is 12.0. The number of carbonyl (C=O) groups excluding carboxylic acids is 1. The molecule has 0 aliphatic rings. The lowest BCUT2D eigenvalue weighted by atomic mass is 10.0. The molecule has 3 nitrogen and oxygen atoms in total. The Hall–Kier alpha value is -1.09. The van der Waals surface area contributed by atoms with E-state index in [4.69, 9.17) is 5.26 Å². The third-order valence-corrected chi connectivity index (χ3v) is 3.25. The van der Waals surface area contributed by atoms with E-state index in [1.807, 2.05) is 29.5 Å². The molecule has 0 saturated carbocycles.